The predicted octanol–water partition coefficient (Wildman–Crippen LogP) is 1.47. The zero-order chi connectivity index (χ0) is 12.2. The predicted molar refractivity (Wildman–Crippen MR) is 68.6 cm³/mol. The van der Waals surface area contributed by atoms with Crippen molar-refractivity contribution in [2.24, 2.45) is 5.92 Å². The summed E-state index contributed by atoms with van der Waals surface area (Å²) in [6.07, 6.45) is 2.40. The van der Waals surface area contributed by atoms with E-state index in [1.54, 1.807) is 0 Å². The Bertz CT molecular complexity index is 210. The first-order chi connectivity index (χ1) is 7.50. The van der Waals surface area contributed by atoms with Crippen LogP contribution in [0.15, 0.2) is 0 Å². The van der Waals surface area contributed by atoms with Crippen molar-refractivity contribution in [1.29, 1.82) is 0 Å². The van der Waals surface area contributed by atoms with Crippen LogP contribution in [-0.4, -0.2) is 47.8 Å². The minimum absolute atomic E-state index is 0.145. The third kappa shape index (κ3) is 3.72. The lowest BCUT2D eigenvalue weighted by Gasteiger charge is -2.35. The van der Waals surface area contributed by atoms with E-state index in [2.05, 4.69) is 37.9 Å². The van der Waals surface area contributed by atoms with E-state index in [1.807, 2.05) is 0 Å². The molecule has 0 radical (unpaired) electrons. The summed E-state index contributed by atoms with van der Waals surface area (Å²) >= 11 is 0. The second-order valence-corrected chi connectivity index (χ2v) is 5.76. The molecule has 2 N–H and O–H groups in total. The number of aliphatic hydroxyl groups is 1. The van der Waals surface area contributed by atoms with E-state index >= 15 is 0 Å². The SMILES string of the molecule is CCCNC(C)(CO)CN1CC(C)CC1C. The molecule has 1 saturated heterocycles. The molecule has 1 rings (SSSR count). The molecule has 1 fully saturated rings. The van der Waals surface area contributed by atoms with E-state index < -0.39 is 0 Å². The van der Waals surface area contributed by atoms with Crippen molar-refractivity contribution in [3.8, 4) is 0 Å². The van der Waals surface area contributed by atoms with Crippen molar-refractivity contribution in [2.45, 2.75) is 52.1 Å². The van der Waals surface area contributed by atoms with E-state index in [1.165, 1.54) is 13.0 Å². The summed E-state index contributed by atoms with van der Waals surface area (Å²) in [5.74, 6) is 0.795. The smallest absolute Gasteiger partial charge is 0.0623 e. The zero-order valence-corrected chi connectivity index (χ0v) is 11.3. The number of nitrogens with one attached hydrogen (secondary N) is 1. The van der Waals surface area contributed by atoms with Gasteiger partial charge in [-0.3, -0.25) is 4.90 Å². The van der Waals surface area contributed by atoms with Gasteiger partial charge in [-0.1, -0.05) is 13.8 Å². The number of hydrogen-bond acceptors (Lipinski definition) is 3. The number of rotatable bonds is 6. The molecule has 3 nitrogen and oxygen atoms in total. The van der Waals surface area contributed by atoms with Gasteiger partial charge >= 0.3 is 0 Å². The average Bonchev–Trinajstić information content (AvgIpc) is 2.54. The van der Waals surface area contributed by atoms with Gasteiger partial charge in [0.2, 0.25) is 0 Å². The molecule has 3 heteroatoms. The van der Waals surface area contributed by atoms with Crippen LogP contribution in [0.1, 0.15) is 40.5 Å². The van der Waals surface area contributed by atoms with Crippen molar-refractivity contribution >= 4 is 0 Å². The van der Waals surface area contributed by atoms with E-state index in [-0.39, 0.29) is 12.1 Å². The monoisotopic (exact) mass is 228 g/mol. The van der Waals surface area contributed by atoms with Crippen LogP contribution < -0.4 is 5.32 Å². The van der Waals surface area contributed by atoms with Gasteiger partial charge in [-0.25, -0.2) is 0 Å². The largest absolute Gasteiger partial charge is 0.394 e. The molecule has 0 spiro atoms. The highest BCUT2D eigenvalue weighted by atomic mass is 16.3. The number of nitrogens with zero attached hydrogens (tertiary/aromatic N) is 1. The normalized spacial score (nSPS) is 30.6. The number of aliphatic hydroxyl groups excluding tert-OH is 1. The highest BCUT2D eigenvalue weighted by Gasteiger charge is 2.32. The second-order valence-electron chi connectivity index (χ2n) is 5.76. The lowest BCUT2D eigenvalue weighted by molar-refractivity contribution is 0.116. The van der Waals surface area contributed by atoms with Crippen molar-refractivity contribution in [1.82, 2.24) is 10.2 Å². The lowest BCUT2D eigenvalue weighted by atomic mass is 10.0. The minimum Gasteiger partial charge on any atom is -0.394 e. The number of hydrogen-bond donors (Lipinski definition) is 2. The Morgan fingerprint density at radius 1 is 1.44 bits per heavy atom. The summed E-state index contributed by atoms with van der Waals surface area (Å²) in [7, 11) is 0. The molecular weight excluding hydrogens is 200 g/mol. The first-order valence-corrected chi connectivity index (χ1v) is 6.60. The first-order valence-electron chi connectivity index (χ1n) is 6.60. The van der Waals surface area contributed by atoms with Gasteiger partial charge in [0.15, 0.2) is 0 Å². The molecule has 3 unspecified atom stereocenters. The van der Waals surface area contributed by atoms with Crippen LogP contribution in [0.5, 0.6) is 0 Å². The molecular formula is C13H28N2O. The molecule has 3 atom stereocenters. The second kappa shape index (κ2) is 5.99. The third-order valence-corrected chi connectivity index (χ3v) is 3.62. The summed E-state index contributed by atoms with van der Waals surface area (Å²) in [6, 6.07) is 0.657. The molecule has 0 bridgehead atoms. The van der Waals surface area contributed by atoms with E-state index in [0.717, 1.165) is 25.4 Å². The molecule has 0 saturated carbocycles. The molecule has 0 aliphatic carbocycles. The summed E-state index contributed by atoms with van der Waals surface area (Å²) in [4.78, 5) is 2.50. The molecule has 0 aromatic heterocycles. The highest BCUT2D eigenvalue weighted by molar-refractivity contribution is 4.90. The van der Waals surface area contributed by atoms with Crippen molar-refractivity contribution in [3.05, 3.63) is 0 Å². The molecule has 1 heterocycles. The van der Waals surface area contributed by atoms with Gasteiger partial charge in [0.25, 0.3) is 0 Å². The molecule has 0 amide bonds. The van der Waals surface area contributed by atoms with Crippen molar-refractivity contribution < 1.29 is 5.11 Å². The first kappa shape index (κ1) is 13.9. The Morgan fingerprint density at radius 3 is 2.56 bits per heavy atom. The van der Waals surface area contributed by atoms with Crippen LogP contribution in [0, 0.1) is 5.92 Å². The van der Waals surface area contributed by atoms with Gasteiger partial charge in [0.1, 0.15) is 0 Å². The fourth-order valence-corrected chi connectivity index (χ4v) is 2.64. The Balaban J connectivity index is 2.48. The molecule has 96 valence electrons. The van der Waals surface area contributed by atoms with Gasteiger partial charge in [-0.2, -0.15) is 0 Å². The Kier molecular flexibility index (Phi) is 5.22. The topological polar surface area (TPSA) is 35.5 Å². The van der Waals surface area contributed by atoms with Crippen LogP contribution in [0.2, 0.25) is 0 Å². The van der Waals surface area contributed by atoms with Gasteiger partial charge < -0.3 is 10.4 Å². The molecule has 1 aliphatic rings. The van der Waals surface area contributed by atoms with Crippen molar-refractivity contribution in [2.75, 3.05) is 26.2 Å². The van der Waals surface area contributed by atoms with Crippen LogP contribution in [0.4, 0.5) is 0 Å². The molecule has 0 aromatic carbocycles. The van der Waals surface area contributed by atoms with Gasteiger partial charge in [-0.05, 0) is 39.2 Å². The number of likely N-dealkylation sites (tertiary alicyclic amines) is 1. The van der Waals surface area contributed by atoms with E-state index in [4.69, 9.17) is 0 Å². The van der Waals surface area contributed by atoms with Crippen LogP contribution in [-0.2, 0) is 0 Å². The fraction of sp³-hybridized carbons (Fsp3) is 1.00. The molecule has 1 aliphatic heterocycles. The Labute approximate surface area is 100 Å². The summed E-state index contributed by atoms with van der Waals surface area (Å²) in [5, 5.41) is 13.0. The highest BCUT2D eigenvalue weighted by Crippen LogP contribution is 2.24. The van der Waals surface area contributed by atoms with Crippen LogP contribution in [0.3, 0.4) is 0 Å². The van der Waals surface area contributed by atoms with E-state index in [9.17, 15) is 5.11 Å². The summed E-state index contributed by atoms with van der Waals surface area (Å²) in [5.41, 5.74) is -0.145. The maximum absolute atomic E-state index is 9.54. The van der Waals surface area contributed by atoms with Crippen LogP contribution in [0.25, 0.3) is 0 Å². The Hall–Kier alpha value is -0.120. The average molecular weight is 228 g/mol. The van der Waals surface area contributed by atoms with Gasteiger partial charge in [0.05, 0.1) is 12.1 Å². The van der Waals surface area contributed by atoms with Gasteiger partial charge in [-0.15, -0.1) is 0 Å². The van der Waals surface area contributed by atoms with Crippen LogP contribution >= 0.6 is 0 Å². The quantitative estimate of drug-likeness (QED) is 0.722. The summed E-state index contributed by atoms with van der Waals surface area (Å²) in [6.45, 7) is 12.2. The molecule has 0 aromatic rings. The van der Waals surface area contributed by atoms with E-state index in [0.29, 0.717) is 6.04 Å². The maximum atomic E-state index is 9.54. The molecule has 16 heavy (non-hydrogen) atoms. The van der Waals surface area contributed by atoms with Crippen molar-refractivity contribution in [3.63, 3.8) is 0 Å². The third-order valence-electron chi connectivity index (χ3n) is 3.62. The minimum atomic E-state index is -0.145. The summed E-state index contributed by atoms with van der Waals surface area (Å²) < 4.78 is 0. The van der Waals surface area contributed by atoms with Gasteiger partial charge in [0, 0.05) is 19.1 Å². The Morgan fingerprint density at radius 2 is 2.12 bits per heavy atom. The standard InChI is InChI=1S/C13H28N2O/c1-5-6-14-13(4,10-16)9-15-8-11(2)7-12(15)3/h11-12,14,16H,5-10H2,1-4H3. The zero-order valence-electron chi connectivity index (χ0n) is 11.3. The fourth-order valence-electron chi connectivity index (χ4n) is 2.64. The maximum Gasteiger partial charge on any atom is 0.0623 e. The lowest BCUT2D eigenvalue weighted by Crippen LogP contribution is -2.54.